The Labute approximate surface area is 137 Å². The predicted molar refractivity (Wildman–Crippen MR) is 87.1 cm³/mol. The number of nitrogens with one attached hydrogen (secondary N) is 1. The van der Waals surface area contributed by atoms with Gasteiger partial charge in [0.1, 0.15) is 11.5 Å². The molecular formula is C14H16ClN3O3S. The summed E-state index contributed by atoms with van der Waals surface area (Å²) in [7, 11) is 4.91. The van der Waals surface area contributed by atoms with Gasteiger partial charge in [0.2, 0.25) is 5.91 Å². The number of imidazole rings is 1. The van der Waals surface area contributed by atoms with Crippen molar-refractivity contribution >= 4 is 35.0 Å². The Kier molecular flexibility index (Phi) is 5.57. The van der Waals surface area contributed by atoms with Gasteiger partial charge in [-0.25, -0.2) is 4.98 Å². The number of aromatic nitrogens is 2. The molecule has 22 heavy (non-hydrogen) atoms. The van der Waals surface area contributed by atoms with Crippen LogP contribution in [0.1, 0.15) is 0 Å². The van der Waals surface area contributed by atoms with Gasteiger partial charge in [0.05, 0.1) is 30.7 Å². The molecule has 118 valence electrons. The molecule has 0 unspecified atom stereocenters. The number of rotatable bonds is 6. The third-order valence-corrected chi connectivity index (χ3v) is 4.21. The first kappa shape index (κ1) is 16.5. The highest BCUT2D eigenvalue weighted by Gasteiger charge is 2.13. The fourth-order valence-corrected chi connectivity index (χ4v) is 2.74. The van der Waals surface area contributed by atoms with E-state index in [2.05, 4.69) is 10.3 Å². The number of halogens is 1. The molecule has 0 aliphatic carbocycles. The molecule has 1 heterocycles. The van der Waals surface area contributed by atoms with Gasteiger partial charge in [-0.2, -0.15) is 0 Å². The number of aryl methyl sites for hydroxylation is 1. The Morgan fingerprint density at radius 2 is 2.09 bits per heavy atom. The SMILES string of the molecule is COc1cc(OC)c(NC(=O)CSc2nccn2C)cc1Cl. The van der Waals surface area contributed by atoms with Crippen molar-refractivity contribution in [2.75, 3.05) is 25.3 Å². The summed E-state index contributed by atoms with van der Waals surface area (Å²) in [5.74, 6) is 1.03. The van der Waals surface area contributed by atoms with Gasteiger partial charge in [-0.1, -0.05) is 23.4 Å². The molecule has 8 heteroatoms. The van der Waals surface area contributed by atoms with Crippen LogP contribution in [-0.2, 0) is 11.8 Å². The first-order chi connectivity index (χ1) is 10.5. The maximum atomic E-state index is 12.1. The minimum absolute atomic E-state index is 0.174. The summed E-state index contributed by atoms with van der Waals surface area (Å²) in [5.41, 5.74) is 0.499. The number of ether oxygens (including phenoxy) is 2. The second-order valence-electron chi connectivity index (χ2n) is 4.34. The zero-order chi connectivity index (χ0) is 16.1. The molecule has 0 saturated carbocycles. The van der Waals surface area contributed by atoms with Crippen LogP contribution in [0.2, 0.25) is 5.02 Å². The van der Waals surface area contributed by atoms with E-state index in [0.717, 1.165) is 5.16 Å². The van der Waals surface area contributed by atoms with Crippen LogP contribution >= 0.6 is 23.4 Å². The van der Waals surface area contributed by atoms with Crippen LogP contribution in [0, 0.1) is 0 Å². The maximum absolute atomic E-state index is 12.1. The van der Waals surface area contributed by atoms with Crippen LogP contribution in [-0.4, -0.2) is 35.4 Å². The van der Waals surface area contributed by atoms with Crippen LogP contribution < -0.4 is 14.8 Å². The van der Waals surface area contributed by atoms with E-state index >= 15 is 0 Å². The lowest BCUT2D eigenvalue weighted by molar-refractivity contribution is -0.113. The number of hydrogen-bond acceptors (Lipinski definition) is 5. The van der Waals surface area contributed by atoms with E-state index in [1.807, 2.05) is 17.8 Å². The van der Waals surface area contributed by atoms with Crippen molar-refractivity contribution in [1.82, 2.24) is 9.55 Å². The molecule has 2 rings (SSSR count). The summed E-state index contributed by atoms with van der Waals surface area (Å²) in [4.78, 5) is 16.2. The third-order valence-electron chi connectivity index (χ3n) is 2.86. The van der Waals surface area contributed by atoms with Crippen LogP contribution in [0.25, 0.3) is 0 Å². The highest BCUT2D eigenvalue weighted by Crippen LogP contribution is 2.35. The van der Waals surface area contributed by atoms with Crippen molar-refractivity contribution in [2.24, 2.45) is 7.05 Å². The lowest BCUT2D eigenvalue weighted by atomic mass is 10.2. The maximum Gasteiger partial charge on any atom is 0.234 e. The van der Waals surface area contributed by atoms with Crippen molar-refractivity contribution in [3.05, 3.63) is 29.5 Å². The standard InChI is InChI=1S/C14H16ClN3O3S/c1-18-5-4-16-14(18)22-8-13(19)17-10-6-9(15)11(20-2)7-12(10)21-3/h4-7H,8H2,1-3H3,(H,17,19). The largest absolute Gasteiger partial charge is 0.495 e. The molecule has 0 saturated heterocycles. The van der Waals surface area contributed by atoms with Gasteiger partial charge in [-0.3, -0.25) is 4.79 Å². The lowest BCUT2D eigenvalue weighted by Crippen LogP contribution is -2.15. The average Bonchev–Trinajstić information content (AvgIpc) is 2.91. The van der Waals surface area contributed by atoms with E-state index in [4.69, 9.17) is 21.1 Å². The number of hydrogen-bond donors (Lipinski definition) is 1. The minimum Gasteiger partial charge on any atom is -0.495 e. The zero-order valence-corrected chi connectivity index (χ0v) is 14.0. The molecule has 1 N–H and O–H groups in total. The molecule has 0 radical (unpaired) electrons. The summed E-state index contributed by atoms with van der Waals surface area (Å²) < 4.78 is 12.2. The minimum atomic E-state index is -0.174. The highest BCUT2D eigenvalue weighted by molar-refractivity contribution is 7.99. The monoisotopic (exact) mass is 341 g/mol. The Bertz CT molecular complexity index is 675. The van der Waals surface area contributed by atoms with Crippen LogP contribution in [0.15, 0.2) is 29.7 Å². The smallest absolute Gasteiger partial charge is 0.234 e. The normalized spacial score (nSPS) is 10.4. The summed E-state index contributed by atoms with van der Waals surface area (Å²) in [6.07, 6.45) is 3.51. The van der Waals surface area contributed by atoms with Crippen molar-refractivity contribution in [3.8, 4) is 11.5 Å². The van der Waals surface area contributed by atoms with Gasteiger partial charge >= 0.3 is 0 Å². The fraction of sp³-hybridized carbons (Fsp3) is 0.286. The topological polar surface area (TPSA) is 65.4 Å². The van der Waals surface area contributed by atoms with Gasteiger partial charge in [0, 0.05) is 25.5 Å². The molecule has 6 nitrogen and oxygen atoms in total. The molecule has 2 aromatic rings. The number of carbonyl (C=O) groups excluding carboxylic acids is 1. The molecular weight excluding hydrogens is 326 g/mol. The molecule has 0 fully saturated rings. The molecule has 0 spiro atoms. The molecule has 0 atom stereocenters. The van der Waals surface area contributed by atoms with E-state index < -0.39 is 0 Å². The molecule has 1 amide bonds. The van der Waals surface area contributed by atoms with E-state index in [1.165, 1.54) is 26.0 Å². The third kappa shape index (κ3) is 3.86. The van der Waals surface area contributed by atoms with Crippen molar-refractivity contribution in [1.29, 1.82) is 0 Å². The van der Waals surface area contributed by atoms with E-state index in [1.54, 1.807) is 18.3 Å². The molecule has 0 aliphatic rings. The Balaban J connectivity index is 2.05. The first-order valence-corrected chi connectivity index (χ1v) is 7.73. The van der Waals surface area contributed by atoms with Crippen molar-refractivity contribution in [2.45, 2.75) is 5.16 Å². The molecule has 0 bridgehead atoms. The quantitative estimate of drug-likeness (QED) is 0.818. The van der Waals surface area contributed by atoms with Crippen LogP contribution in [0.3, 0.4) is 0 Å². The van der Waals surface area contributed by atoms with E-state index in [-0.39, 0.29) is 11.7 Å². The Hall–Kier alpha value is -1.86. The summed E-state index contributed by atoms with van der Waals surface area (Å²) in [6, 6.07) is 3.23. The zero-order valence-electron chi connectivity index (χ0n) is 12.4. The van der Waals surface area contributed by atoms with Crippen LogP contribution in [0.5, 0.6) is 11.5 Å². The highest BCUT2D eigenvalue weighted by atomic mass is 35.5. The van der Waals surface area contributed by atoms with Crippen molar-refractivity contribution < 1.29 is 14.3 Å². The van der Waals surface area contributed by atoms with E-state index in [9.17, 15) is 4.79 Å². The number of anilines is 1. The van der Waals surface area contributed by atoms with Gasteiger partial charge in [-0.05, 0) is 6.07 Å². The summed E-state index contributed by atoms with van der Waals surface area (Å²) in [6.45, 7) is 0. The fourth-order valence-electron chi connectivity index (χ4n) is 1.77. The Morgan fingerprint density at radius 3 is 2.68 bits per heavy atom. The van der Waals surface area contributed by atoms with E-state index in [0.29, 0.717) is 22.2 Å². The van der Waals surface area contributed by atoms with Gasteiger partial charge in [0.15, 0.2) is 5.16 Å². The molecule has 0 aliphatic heterocycles. The lowest BCUT2D eigenvalue weighted by Gasteiger charge is -2.13. The average molecular weight is 342 g/mol. The number of carbonyl (C=O) groups is 1. The molecule has 1 aromatic carbocycles. The number of amides is 1. The summed E-state index contributed by atoms with van der Waals surface area (Å²) in [5, 5.41) is 3.95. The van der Waals surface area contributed by atoms with Crippen LogP contribution in [0.4, 0.5) is 5.69 Å². The molecule has 1 aromatic heterocycles. The van der Waals surface area contributed by atoms with Gasteiger partial charge < -0.3 is 19.4 Å². The van der Waals surface area contributed by atoms with Gasteiger partial charge in [0.25, 0.3) is 0 Å². The predicted octanol–water partition coefficient (Wildman–Crippen LogP) is 2.82. The second-order valence-corrected chi connectivity index (χ2v) is 5.69. The van der Waals surface area contributed by atoms with Crippen molar-refractivity contribution in [3.63, 3.8) is 0 Å². The van der Waals surface area contributed by atoms with Gasteiger partial charge in [-0.15, -0.1) is 0 Å². The summed E-state index contributed by atoms with van der Waals surface area (Å²) >= 11 is 7.42. The number of nitrogens with zero attached hydrogens (tertiary/aromatic N) is 2. The number of thioether (sulfide) groups is 1. The Morgan fingerprint density at radius 1 is 1.36 bits per heavy atom. The number of methoxy groups -OCH3 is 2. The number of benzene rings is 1. The second kappa shape index (κ2) is 7.42. The first-order valence-electron chi connectivity index (χ1n) is 6.36.